The number of nitrogens with zero attached hydrogens (tertiary/aromatic N) is 7. The fourth-order valence-electron chi connectivity index (χ4n) is 2.99. The van der Waals surface area contributed by atoms with Crippen LogP contribution in [0.5, 0.6) is 0 Å². The highest BCUT2D eigenvalue weighted by Gasteiger charge is 2.04. The highest BCUT2D eigenvalue weighted by Crippen LogP contribution is 1.99. The van der Waals surface area contributed by atoms with E-state index in [0.717, 1.165) is 76.0 Å². The molecule has 31 heavy (non-hydrogen) atoms. The third-order valence-electron chi connectivity index (χ3n) is 4.48. The Labute approximate surface area is 182 Å². The molecule has 0 amide bonds. The first-order valence-corrected chi connectivity index (χ1v) is 10.6. The molecule has 10 heteroatoms. The van der Waals surface area contributed by atoms with Crippen LogP contribution >= 0.6 is 0 Å². The molecule has 0 fully saturated rings. The minimum atomic E-state index is 0.782. The Morgan fingerprint density at radius 3 is 1.26 bits per heavy atom. The molecule has 0 aromatic carbocycles. The Morgan fingerprint density at radius 2 is 0.968 bits per heavy atom. The van der Waals surface area contributed by atoms with E-state index >= 15 is 0 Å². The molecule has 3 heterocycles. The van der Waals surface area contributed by atoms with Gasteiger partial charge in [0.1, 0.15) is 17.5 Å². The van der Waals surface area contributed by atoms with Crippen LogP contribution < -0.4 is 0 Å². The molecule has 0 spiro atoms. The van der Waals surface area contributed by atoms with Crippen LogP contribution in [0.2, 0.25) is 0 Å². The third-order valence-corrected chi connectivity index (χ3v) is 4.48. The van der Waals surface area contributed by atoms with E-state index in [0.29, 0.717) is 0 Å². The molecule has 0 aliphatic rings. The highest BCUT2D eigenvalue weighted by atomic mass is 15.1. The first kappa shape index (κ1) is 22.3. The minimum absolute atomic E-state index is 0.782. The van der Waals surface area contributed by atoms with E-state index < -0.39 is 0 Å². The Bertz CT molecular complexity index is 759. The van der Waals surface area contributed by atoms with Gasteiger partial charge in [0.25, 0.3) is 0 Å². The van der Waals surface area contributed by atoms with Gasteiger partial charge in [-0.25, -0.2) is 15.0 Å². The molecule has 3 rings (SSSR count). The molecule has 164 valence electrons. The van der Waals surface area contributed by atoms with Crippen LogP contribution in [0.3, 0.4) is 0 Å². The van der Waals surface area contributed by atoms with E-state index in [2.05, 4.69) is 49.8 Å². The van der Waals surface area contributed by atoms with Gasteiger partial charge in [0.2, 0.25) is 0 Å². The van der Waals surface area contributed by atoms with Gasteiger partial charge in [-0.3, -0.25) is 15.0 Å². The number of H-pyrrole nitrogens is 3. The summed E-state index contributed by atoms with van der Waals surface area (Å²) >= 11 is 0. The number of aromatic nitrogens is 6. The second-order valence-electron chi connectivity index (χ2n) is 6.93. The number of hydrogen-bond donors (Lipinski definition) is 3. The predicted octanol–water partition coefficient (Wildman–Crippen LogP) is 1.99. The van der Waals surface area contributed by atoms with E-state index in [9.17, 15) is 0 Å². The molecule has 3 aromatic heterocycles. The van der Waals surface area contributed by atoms with Gasteiger partial charge >= 0.3 is 0 Å². The SMILES string of the molecule is C(=NCCCN(CCCN=Cc1ncc[nH]1)CCCN=Cc1ncc[nH]1)c1ncc[nH]1. The number of imidazole rings is 3. The van der Waals surface area contributed by atoms with E-state index in [1.807, 2.05) is 0 Å². The topological polar surface area (TPSA) is 126 Å². The van der Waals surface area contributed by atoms with Gasteiger partial charge in [-0.2, -0.15) is 0 Å². The maximum Gasteiger partial charge on any atom is 0.147 e. The van der Waals surface area contributed by atoms with Gasteiger partial charge in [-0.15, -0.1) is 0 Å². The summed E-state index contributed by atoms with van der Waals surface area (Å²) in [4.78, 5) is 37.3. The second kappa shape index (κ2) is 13.8. The lowest BCUT2D eigenvalue weighted by Crippen LogP contribution is -2.28. The number of hydrogen-bond acceptors (Lipinski definition) is 7. The van der Waals surface area contributed by atoms with E-state index in [1.54, 1.807) is 55.8 Å². The van der Waals surface area contributed by atoms with Crippen molar-refractivity contribution in [3.05, 3.63) is 54.7 Å². The van der Waals surface area contributed by atoms with Crippen LogP contribution in [-0.4, -0.2) is 92.7 Å². The van der Waals surface area contributed by atoms with Crippen molar-refractivity contribution in [2.45, 2.75) is 19.3 Å². The van der Waals surface area contributed by atoms with Gasteiger partial charge < -0.3 is 19.9 Å². The first-order valence-electron chi connectivity index (χ1n) is 10.6. The molecular weight excluding hydrogens is 392 g/mol. The van der Waals surface area contributed by atoms with Crippen LogP contribution in [0.15, 0.2) is 52.2 Å². The van der Waals surface area contributed by atoms with Crippen molar-refractivity contribution in [2.75, 3.05) is 39.3 Å². The van der Waals surface area contributed by atoms with Crippen LogP contribution in [0, 0.1) is 0 Å². The van der Waals surface area contributed by atoms with Crippen molar-refractivity contribution in [1.82, 2.24) is 34.8 Å². The van der Waals surface area contributed by atoms with Crippen molar-refractivity contribution in [3.63, 3.8) is 0 Å². The smallest absolute Gasteiger partial charge is 0.147 e. The molecule has 0 saturated heterocycles. The average molecular weight is 423 g/mol. The Balaban J connectivity index is 1.36. The average Bonchev–Trinajstić information content (AvgIpc) is 3.56. The standard InChI is InChI=1S/C21H30N10/c1(4-22-16-19-25-7-8-26-19)13-31(14-2-5-23-17-20-27-9-10-28-20)15-3-6-24-18-21-29-11-12-30-21/h7-12,16-18H,1-6,13-15H2,(H,25,26)(H,27,28)(H,29,30). The summed E-state index contributed by atoms with van der Waals surface area (Å²) in [5, 5.41) is 0. The Hall–Kier alpha value is -3.40. The molecule has 10 nitrogen and oxygen atoms in total. The summed E-state index contributed by atoms with van der Waals surface area (Å²) in [6.07, 6.45) is 19.0. The summed E-state index contributed by atoms with van der Waals surface area (Å²) in [6, 6.07) is 0. The molecule has 0 saturated carbocycles. The van der Waals surface area contributed by atoms with Gasteiger partial charge in [-0.05, 0) is 38.9 Å². The zero-order valence-electron chi connectivity index (χ0n) is 17.7. The van der Waals surface area contributed by atoms with Crippen LogP contribution in [0.4, 0.5) is 0 Å². The summed E-state index contributed by atoms with van der Waals surface area (Å²) in [5.74, 6) is 2.38. The summed E-state index contributed by atoms with van der Waals surface area (Å²) in [6.45, 7) is 5.34. The number of aromatic amines is 3. The minimum Gasteiger partial charge on any atom is -0.344 e. The lowest BCUT2D eigenvalue weighted by atomic mass is 10.3. The monoisotopic (exact) mass is 422 g/mol. The van der Waals surface area contributed by atoms with Crippen molar-refractivity contribution >= 4 is 18.6 Å². The van der Waals surface area contributed by atoms with E-state index in [4.69, 9.17) is 0 Å². The quantitative estimate of drug-likeness (QED) is 0.256. The Morgan fingerprint density at radius 1 is 0.613 bits per heavy atom. The highest BCUT2D eigenvalue weighted by molar-refractivity contribution is 5.74. The largest absolute Gasteiger partial charge is 0.344 e. The maximum atomic E-state index is 4.45. The van der Waals surface area contributed by atoms with Crippen LogP contribution in [0.25, 0.3) is 0 Å². The molecule has 3 N–H and O–H groups in total. The maximum absolute atomic E-state index is 4.45. The van der Waals surface area contributed by atoms with Gasteiger partial charge in [0.15, 0.2) is 0 Å². The zero-order valence-corrected chi connectivity index (χ0v) is 17.7. The number of nitrogens with one attached hydrogen (secondary N) is 3. The third kappa shape index (κ3) is 9.30. The predicted molar refractivity (Wildman–Crippen MR) is 123 cm³/mol. The van der Waals surface area contributed by atoms with Gasteiger partial charge in [0.05, 0.1) is 18.6 Å². The lowest BCUT2D eigenvalue weighted by Gasteiger charge is -2.21. The molecule has 0 atom stereocenters. The zero-order chi connectivity index (χ0) is 21.4. The fraction of sp³-hybridized carbons (Fsp3) is 0.429. The van der Waals surface area contributed by atoms with Gasteiger partial charge in [0, 0.05) is 56.8 Å². The van der Waals surface area contributed by atoms with Crippen molar-refractivity contribution in [2.24, 2.45) is 15.0 Å². The molecule has 0 aliphatic heterocycles. The first-order chi connectivity index (χ1) is 15.4. The summed E-state index contributed by atoms with van der Waals surface area (Å²) in [5.41, 5.74) is 0. The van der Waals surface area contributed by atoms with E-state index in [1.165, 1.54) is 0 Å². The Kier molecular flexibility index (Phi) is 9.89. The summed E-state index contributed by atoms with van der Waals surface area (Å²) in [7, 11) is 0. The van der Waals surface area contributed by atoms with Gasteiger partial charge in [-0.1, -0.05) is 0 Å². The fourth-order valence-corrected chi connectivity index (χ4v) is 2.99. The lowest BCUT2D eigenvalue weighted by molar-refractivity contribution is 0.269. The molecular formula is C21H30N10. The number of aliphatic imine (C=N–C) groups is 3. The second-order valence-corrected chi connectivity index (χ2v) is 6.93. The molecule has 0 aliphatic carbocycles. The molecule has 0 unspecified atom stereocenters. The van der Waals surface area contributed by atoms with Crippen LogP contribution in [0.1, 0.15) is 36.7 Å². The number of rotatable bonds is 15. The van der Waals surface area contributed by atoms with Crippen molar-refractivity contribution < 1.29 is 0 Å². The molecule has 3 aromatic rings. The normalized spacial score (nSPS) is 12.3. The summed E-state index contributed by atoms with van der Waals surface area (Å²) < 4.78 is 0. The van der Waals surface area contributed by atoms with Crippen molar-refractivity contribution in [3.8, 4) is 0 Å². The molecule has 0 bridgehead atoms. The molecule has 0 radical (unpaired) electrons. The van der Waals surface area contributed by atoms with Crippen molar-refractivity contribution in [1.29, 1.82) is 0 Å². The van der Waals surface area contributed by atoms with Crippen LogP contribution in [-0.2, 0) is 0 Å². The van der Waals surface area contributed by atoms with E-state index in [-0.39, 0.29) is 0 Å².